The smallest absolute Gasteiger partial charge is 0.134 e. The summed E-state index contributed by atoms with van der Waals surface area (Å²) in [5.74, 6) is 0.117. The third kappa shape index (κ3) is 6.49. The fraction of sp³-hybridized carbons (Fsp3) is 1.00. The van der Waals surface area contributed by atoms with Gasteiger partial charge in [-0.25, -0.2) is 0 Å². The van der Waals surface area contributed by atoms with E-state index < -0.39 is 0 Å². The van der Waals surface area contributed by atoms with Gasteiger partial charge in [-0.3, -0.25) is 0 Å². The molecule has 0 rings (SSSR count). The van der Waals surface area contributed by atoms with Crippen molar-refractivity contribution in [3.05, 3.63) is 0 Å². The number of hydrogen-bond donors (Lipinski definition) is 1. The summed E-state index contributed by atoms with van der Waals surface area (Å²) in [7, 11) is 5.21. The van der Waals surface area contributed by atoms with Crippen LogP contribution in [0.15, 0.2) is 0 Å². The highest BCUT2D eigenvalue weighted by Gasteiger charge is 2.03. The molecule has 3 nitrogen and oxygen atoms in total. The Morgan fingerprint density at radius 1 is 1.36 bits per heavy atom. The van der Waals surface area contributed by atoms with Gasteiger partial charge >= 0.3 is 0 Å². The van der Waals surface area contributed by atoms with Crippen LogP contribution >= 0.6 is 0 Å². The second-order valence-electron chi connectivity index (χ2n) is 2.50. The van der Waals surface area contributed by atoms with Gasteiger partial charge in [0.2, 0.25) is 0 Å². The lowest BCUT2D eigenvalue weighted by atomic mass is 10.5. The van der Waals surface area contributed by atoms with E-state index >= 15 is 0 Å². The van der Waals surface area contributed by atoms with E-state index in [0.29, 0.717) is 0 Å². The van der Waals surface area contributed by atoms with Crippen molar-refractivity contribution in [2.45, 2.75) is 18.4 Å². The van der Waals surface area contributed by atoms with Gasteiger partial charge in [0, 0.05) is 14.2 Å². The van der Waals surface area contributed by atoms with Gasteiger partial charge in [0.25, 0.3) is 0 Å². The van der Waals surface area contributed by atoms with Crippen molar-refractivity contribution in [1.29, 1.82) is 0 Å². The molecule has 0 atom stereocenters. The van der Waals surface area contributed by atoms with E-state index in [1.165, 1.54) is 12.5 Å². The van der Waals surface area contributed by atoms with Crippen LogP contribution in [0.5, 0.6) is 0 Å². The summed E-state index contributed by atoms with van der Waals surface area (Å²) in [5, 5.41) is 3.12. The molecule has 0 aromatic carbocycles. The maximum absolute atomic E-state index is 5.10. The monoisotopic (exact) mass is 177 g/mol. The van der Waals surface area contributed by atoms with Gasteiger partial charge in [-0.05, 0) is 20.0 Å². The molecule has 0 aromatic heterocycles. The molecule has 0 aromatic rings. The van der Waals surface area contributed by atoms with Crippen molar-refractivity contribution in [3.63, 3.8) is 0 Å². The van der Waals surface area contributed by atoms with Crippen molar-refractivity contribution in [3.8, 4) is 0 Å². The van der Waals surface area contributed by atoms with Crippen LogP contribution in [0.3, 0.4) is 0 Å². The van der Waals surface area contributed by atoms with E-state index in [0.717, 1.165) is 6.54 Å². The summed E-state index contributed by atoms with van der Waals surface area (Å²) in [6, 6.07) is 1.28. The number of rotatable bonds is 7. The third-order valence-corrected chi connectivity index (χ3v) is 3.69. The molecule has 11 heavy (non-hydrogen) atoms. The first-order valence-corrected chi connectivity index (χ1v) is 5.87. The molecule has 0 unspecified atom stereocenters. The lowest BCUT2D eigenvalue weighted by Crippen LogP contribution is -2.22. The van der Waals surface area contributed by atoms with E-state index in [2.05, 4.69) is 5.32 Å². The van der Waals surface area contributed by atoms with Crippen LogP contribution in [-0.2, 0) is 9.47 Å². The molecule has 68 valence electrons. The highest BCUT2D eigenvalue weighted by Crippen LogP contribution is 1.94. The Labute approximate surface area is 71.3 Å². The Hall–Kier alpha value is 0.0969. The molecule has 4 heteroatoms. The van der Waals surface area contributed by atoms with Crippen molar-refractivity contribution < 1.29 is 9.47 Å². The molecule has 0 saturated carbocycles. The Kier molecular flexibility index (Phi) is 8.27. The van der Waals surface area contributed by atoms with Gasteiger partial charge in [0.15, 0.2) is 0 Å². The van der Waals surface area contributed by atoms with Crippen LogP contribution in [0.4, 0.5) is 0 Å². The first kappa shape index (κ1) is 11.1. The topological polar surface area (TPSA) is 30.5 Å². The molecule has 0 aliphatic rings. The molecule has 0 spiro atoms. The molecule has 0 fully saturated rings. The summed E-state index contributed by atoms with van der Waals surface area (Å²) in [6.45, 7) is 1.10. The van der Waals surface area contributed by atoms with Crippen molar-refractivity contribution in [1.82, 2.24) is 5.32 Å². The quantitative estimate of drug-likeness (QED) is 0.331. The van der Waals surface area contributed by atoms with Crippen molar-refractivity contribution in [2.24, 2.45) is 0 Å². The fourth-order valence-corrected chi connectivity index (χ4v) is 2.29. The van der Waals surface area contributed by atoms with E-state index in [1.807, 2.05) is 7.05 Å². The highest BCUT2D eigenvalue weighted by molar-refractivity contribution is 6.36. The molecular weight excluding hydrogens is 158 g/mol. The predicted molar refractivity (Wildman–Crippen MR) is 49.7 cm³/mol. The molecule has 0 aliphatic heterocycles. The van der Waals surface area contributed by atoms with Crippen LogP contribution in [0.2, 0.25) is 6.04 Å². The normalized spacial score (nSPS) is 12.0. The number of hydrogen-bond acceptors (Lipinski definition) is 3. The molecule has 1 N–H and O–H groups in total. The summed E-state index contributed by atoms with van der Waals surface area (Å²) in [5.41, 5.74) is 0. The third-order valence-electron chi connectivity index (χ3n) is 1.64. The molecule has 0 radical (unpaired) electrons. The largest absolute Gasteiger partial charge is 0.360 e. The van der Waals surface area contributed by atoms with E-state index in [-0.39, 0.29) is 15.4 Å². The zero-order chi connectivity index (χ0) is 8.53. The maximum atomic E-state index is 5.10. The van der Waals surface area contributed by atoms with Crippen molar-refractivity contribution in [2.75, 3.05) is 27.8 Å². The molecule has 0 saturated heterocycles. The predicted octanol–water partition coefficient (Wildman–Crippen LogP) is -0.241. The number of methoxy groups -OCH3 is 2. The Morgan fingerprint density at radius 3 is 2.45 bits per heavy atom. The summed E-state index contributed by atoms with van der Waals surface area (Å²) >= 11 is 0. The van der Waals surface area contributed by atoms with Crippen LogP contribution in [0.25, 0.3) is 0 Å². The van der Waals surface area contributed by atoms with E-state index in [4.69, 9.17) is 9.47 Å². The van der Waals surface area contributed by atoms with Crippen LogP contribution < -0.4 is 5.32 Å². The molecule has 0 bridgehead atoms. The van der Waals surface area contributed by atoms with Gasteiger partial charge < -0.3 is 14.8 Å². The van der Waals surface area contributed by atoms with Gasteiger partial charge in [-0.2, -0.15) is 0 Å². The van der Waals surface area contributed by atoms with Gasteiger partial charge in [-0.15, -0.1) is 0 Å². The molecule has 0 heterocycles. The SMILES string of the molecule is CNCCC[SiH2]C(OC)OC. The highest BCUT2D eigenvalue weighted by atomic mass is 28.2. The molecule has 0 amide bonds. The first-order valence-electron chi connectivity index (χ1n) is 4.05. The minimum Gasteiger partial charge on any atom is -0.360 e. The van der Waals surface area contributed by atoms with Crippen LogP contribution in [-0.4, -0.2) is 43.2 Å². The lowest BCUT2D eigenvalue weighted by molar-refractivity contribution is -0.0441. The number of ether oxygens (including phenoxy) is 2. The Bertz CT molecular complexity index is 78.8. The Balaban J connectivity index is 3.07. The van der Waals surface area contributed by atoms with Gasteiger partial charge in [-0.1, -0.05) is 6.04 Å². The Morgan fingerprint density at radius 2 is 2.00 bits per heavy atom. The van der Waals surface area contributed by atoms with E-state index in [9.17, 15) is 0 Å². The summed E-state index contributed by atoms with van der Waals surface area (Å²) < 4.78 is 10.2. The number of nitrogens with one attached hydrogen (secondary N) is 1. The maximum Gasteiger partial charge on any atom is 0.134 e. The fourth-order valence-electron chi connectivity index (χ4n) is 0.945. The zero-order valence-corrected chi connectivity index (χ0v) is 9.14. The average molecular weight is 177 g/mol. The average Bonchev–Trinajstić information content (AvgIpc) is 2.05. The van der Waals surface area contributed by atoms with Crippen molar-refractivity contribution >= 4 is 9.52 Å². The van der Waals surface area contributed by atoms with Crippen LogP contribution in [0.1, 0.15) is 6.42 Å². The second kappa shape index (κ2) is 8.20. The van der Waals surface area contributed by atoms with Gasteiger partial charge in [0.1, 0.15) is 5.91 Å². The van der Waals surface area contributed by atoms with E-state index in [1.54, 1.807) is 14.2 Å². The van der Waals surface area contributed by atoms with Gasteiger partial charge in [0.05, 0.1) is 9.52 Å². The minimum absolute atomic E-state index is 0.117. The lowest BCUT2D eigenvalue weighted by Gasteiger charge is -2.11. The van der Waals surface area contributed by atoms with Crippen LogP contribution in [0, 0.1) is 0 Å². The molecule has 0 aliphatic carbocycles. The summed E-state index contributed by atoms with van der Waals surface area (Å²) in [4.78, 5) is 0. The standard InChI is InChI=1S/C7H19NO2Si/c1-8-5-4-6-11-7(9-2)10-3/h7-8H,4-6,11H2,1-3H3. The second-order valence-corrected chi connectivity index (χ2v) is 4.45. The summed E-state index contributed by atoms with van der Waals surface area (Å²) in [6.07, 6.45) is 1.24. The zero-order valence-electron chi connectivity index (χ0n) is 7.72. The minimum atomic E-state index is -0.180. The molecular formula is C7H19NO2Si. The first-order chi connectivity index (χ1) is 5.35.